The molecule has 0 aliphatic heterocycles. The van der Waals surface area contributed by atoms with Gasteiger partial charge in [0.25, 0.3) is 0 Å². The highest BCUT2D eigenvalue weighted by Crippen LogP contribution is 2.29. The molecule has 0 heterocycles. The standard InChI is InChI=1S/C16H23NO3/c1-5-17(12(2)3)14(18)11-16(4,15(19)20)13-9-7-6-8-10-13/h6-10,12H,5,11H2,1-4H3,(H,19,20). The second-order valence-corrected chi connectivity index (χ2v) is 5.45. The SMILES string of the molecule is CCN(C(=O)CC(C)(C(=O)O)c1ccccc1)C(C)C. The summed E-state index contributed by atoms with van der Waals surface area (Å²) in [4.78, 5) is 25.7. The van der Waals surface area contributed by atoms with E-state index in [0.717, 1.165) is 0 Å². The van der Waals surface area contributed by atoms with Gasteiger partial charge in [0.2, 0.25) is 5.91 Å². The summed E-state index contributed by atoms with van der Waals surface area (Å²) >= 11 is 0. The number of carboxylic acid groups (broad SMARTS) is 1. The van der Waals surface area contributed by atoms with Crippen molar-refractivity contribution in [3.05, 3.63) is 35.9 Å². The van der Waals surface area contributed by atoms with Crippen LogP contribution in [0, 0.1) is 0 Å². The topological polar surface area (TPSA) is 57.6 Å². The van der Waals surface area contributed by atoms with Crippen LogP contribution < -0.4 is 0 Å². The summed E-state index contributed by atoms with van der Waals surface area (Å²) in [5.74, 6) is -1.10. The molecule has 0 spiro atoms. The third-order valence-corrected chi connectivity index (χ3v) is 3.67. The Morgan fingerprint density at radius 2 is 1.80 bits per heavy atom. The van der Waals surface area contributed by atoms with Crippen LogP contribution in [-0.2, 0) is 15.0 Å². The van der Waals surface area contributed by atoms with E-state index in [1.165, 1.54) is 0 Å². The Morgan fingerprint density at radius 1 is 1.25 bits per heavy atom. The molecule has 0 saturated carbocycles. The van der Waals surface area contributed by atoms with Gasteiger partial charge in [0.15, 0.2) is 0 Å². The highest BCUT2D eigenvalue weighted by Gasteiger charge is 2.38. The summed E-state index contributed by atoms with van der Waals surface area (Å²) in [5, 5.41) is 9.56. The molecule has 1 aromatic carbocycles. The summed E-state index contributed by atoms with van der Waals surface area (Å²) < 4.78 is 0. The molecule has 4 nitrogen and oxygen atoms in total. The van der Waals surface area contributed by atoms with Gasteiger partial charge in [-0.05, 0) is 33.3 Å². The first-order valence-corrected chi connectivity index (χ1v) is 6.91. The van der Waals surface area contributed by atoms with E-state index in [1.54, 1.807) is 36.1 Å². The number of nitrogens with zero attached hydrogens (tertiary/aromatic N) is 1. The highest BCUT2D eigenvalue weighted by atomic mass is 16.4. The lowest BCUT2D eigenvalue weighted by Gasteiger charge is -2.31. The first-order valence-electron chi connectivity index (χ1n) is 6.91. The van der Waals surface area contributed by atoms with Gasteiger partial charge < -0.3 is 10.0 Å². The van der Waals surface area contributed by atoms with Crippen LogP contribution in [0.1, 0.15) is 39.7 Å². The Bertz CT molecular complexity index is 470. The molecule has 1 unspecified atom stereocenters. The Hall–Kier alpha value is -1.84. The van der Waals surface area contributed by atoms with E-state index < -0.39 is 11.4 Å². The fourth-order valence-corrected chi connectivity index (χ4v) is 2.34. The number of carbonyl (C=O) groups is 2. The molecule has 0 fully saturated rings. The normalized spacial score (nSPS) is 13.8. The van der Waals surface area contributed by atoms with Crippen LogP contribution in [0.4, 0.5) is 0 Å². The molecule has 0 aliphatic carbocycles. The van der Waals surface area contributed by atoms with Crippen molar-refractivity contribution in [2.45, 2.75) is 45.6 Å². The van der Waals surface area contributed by atoms with Crippen LogP contribution in [0.5, 0.6) is 0 Å². The van der Waals surface area contributed by atoms with Gasteiger partial charge in [0.1, 0.15) is 0 Å². The molecule has 1 amide bonds. The number of benzene rings is 1. The number of hydrogen-bond donors (Lipinski definition) is 1. The van der Waals surface area contributed by atoms with E-state index in [1.807, 2.05) is 26.8 Å². The third-order valence-electron chi connectivity index (χ3n) is 3.67. The van der Waals surface area contributed by atoms with Gasteiger partial charge in [-0.2, -0.15) is 0 Å². The predicted molar refractivity (Wildman–Crippen MR) is 78.6 cm³/mol. The number of rotatable bonds is 6. The van der Waals surface area contributed by atoms with Crippen molar-refractivity contribution in [1.29, 1.82) is 0 Å². The molecule has 4 heteroatoms. The molecular weight excluding hydrogens is 254 g/mol. The maximum Gasteiger partial charge on any atom is 0.314 e. The molecule has 1 aromatic rings. The van der Waals surface area contributed by atoms with Gasteiger partial charge in [-0.25, -0.2) is 0 Å². The smallest absolute Gasteiger partial charge is 0.314 e. The van der Waals surface area contributed by atoms with Crippen LogP contribution in [0.3, 0.4) is 0 Å². The van der Waals surface area contributed by atoms with Crippen molar-refractivity contribution in [2.75, 3.05) is 6.54 Å². The summed E-state index contributed by atoms with van der Waals surface area (Å²) in [5.41, 5.74) is -0.540. The van der Waals surface area contributed by atoms with Crippen LogP contribution >= 0.6 is 0 Å². The largest absolute Gasteiger partial charge is 0.481 e. The fraction of sp³-hybridized carbons (Fsp3) is 0.500. The molecule has 1 rings (SSSR count). The van der Waals surface area contributed by atoms with Gasteiger partial charge in [-0.1, -0.05) is 30.3 Å². The Balaban J connectivity index is 3.05. The van der Waals surface area contributed by atoms with Gasteiger partial charge in [0.05, 0.1) is 5.41 Å². The first kappa shape index (κ1) is 16.2. The zero-order valence-electron chi connectivity index (χ0n) is 12.6. The van der Waals surface area contributed by atoms with Crippen molar-refractivity contribution in [2.24, 2.45) is 0 Å². The van der Waals surface area contributed by atoms with E-state index >= 15 is 0 Å². The molecule has 110 valence electrons. The number of hydrogen-bond acceptors (Lipinski definition) is 2. The molecule has 1 atom stereocenters. The first-order chi connectivity index (χ1) is 9.32. The van der Waals surface area contributed by atoms with Gasteiger partial charge in [-0.15, -0.1) is 0 Å². The molecule has 0 radical (unpaired) electrons. The summed E-state index contributed by atoms with van der Waals surface area (Å²) in [6, 6.07) is 9.00. The number of carbonyl (C=O) groups excluding carboxylic acids is 1. The number of carboxylic acids is 1. The minimum absolute atomic E-state index is 0.0294. The van der Waals surface area contributed by atoms with Crippen LogP contribution in [-0.4, -0.2) is 34.5 Å². The summed E-state index contributed by atoms with van der Waals surface area (Å²) in [6.07, 6.45) is -0.0294. The number of amides is 1. The molecule has 0 saturated heterocycles. The molecule has 0 aliphatic rings. The summed E-state index contributed by atoms with van der Waals surface area (Å²) in [7, 11) is 0. The molecule has 20 heavy (non-hydrogen) atoms. The predicted octanol–water partition coefficient (Wildman–Crippen LogP) is 2.68. The van der Waals surface area contributed by atoms with Crippen LogP contribution in [0.2, 0.25) is 0 Å². The van der Waals surface area contributed by atoms with Crippen LogP contribution in [0.25, 0.3) is 0 Å². The third kappa shape index (κ3) is 3.38. The fourth-order valence-electron chi connectivity index (χ4n) is 2.34. The van der Waals surface area contributed by atoms with Gasteiger partial charge >= 0.3 is 5.97 Å². The Kier molecular flexibility index (Phi) is 5.31. The van der Waals surface area contributed by atoms with E-state index in [2.05, 4.69) is 0 Å². The lowest BCUT2D eigenvalue weighted by Crippen LogP contribution is -2.43. The zero-order chi connectivity index (χ0) is 15.3. The molecule has 0 aromatic heterocycles. The maximum absolute atomic E-state index is 12.4. The monoisotopic (exact) mass is 277 g/mol. The van der Waals surface area contributed by atoms with Crippen molar-refractivity contribution in [1.82, 2.24) is 4.90 Å². The molecule has 1 N–H and O–H groups in total. The molecule has 0 bridgehead atoms. The lowest BCUT2D eigenvalue weighted by atomic mass is 9.79. The Morgan fingerprint density at radius 3 is 2.20 bits per heavy atom. The minimum Gasteiger partial charge on any atom is -0.481 e. The van der Waals surface area contributed by atoms with E-state index in [4.69, 9.17) is 0 Å². The van der Waals surface area contributed by atoms with E-state index in [9.17, 15) is 14.7 Å². The Labute approximate surface area is 120 Å². The second kappa shape index (κ2) is 6.55. The van der Waals surface area contributed by atoms with Crippen molar-refractivity contribution in [3.8, 4) is 0 Å². The molecular formula is C16H23NO3. The zero-order valence-corrected chi connectivity index (χ0v) is 12.6. The second-order valence-electron chi connectivity index (χ2n) is 5.45. The van der Waals surface area contributed by atoms with Crippen molar-refractivity contribution in [3.63, 3.8) is 0 Å². The van der Waals surface area contributed by atoms with E-state index in [0.29, 0.717) is 12.1 Å². The van der Waals surface area contributed by atoms with Gasteiger partial charge in [-0.3, -0.25) is 9.59 Å². The maximum atomic E-state index is 12.4. The van der Waals surface area contributed by atoms with Crippen molar-refractivity contribution < 1.29 is 14.7 Å². The van der Waals surface area contributed by atoms with Gasteiger partial charge in [0, 0.05) is 19.0 Å². The average molecular weight is 277 g/mol. The van der Waals surface area contributed by atoms with Crippen LogP contribution in [0.15, 0.2) is 30.3 Å². The minimum atomic E-state index is -1.19. The average Bonchev–Trinajstić information content (AvgIpc) is 2.39. The quantitative estimate of drug-likeness (QED) is 0.869. The summed E-state index contributed by atoms with van der Waals surface area (Å²) in [6.45, 7) is 7.96. The van der Waals surface area contributed by atoms with E-state index in [-0.39, 0.29) is 18.4 Å². The van der Waals surface area contributed by atoms with Crippen molar-refractivity contribution >= 4 is 11.9 Å². The lowest BCUT2D eigenvalue weighted by molar-refractivity contribution is -0.148. The number of aliphatic carboxylic acids is 1. The highest BCUT2D eigenvalue weighted by molar-refractivity contribution is 5.89.